The Bertz CT molecular complexity index is 1380. The number of rotatable bonds is 5. The van der Waals surface area contributed by atoms with E-state index in [0.717, 1.165) is 24.1 Å². The SMILES string of the molecule is Cc1ccc2cc([C@H]3C[C@H](c4cc(Cl)cc(Cl)c4)CN3C(C)c3ccc(C(=O)O)cc3)ccc2c1. The van der Waals surface area contributed by atoms with Crippen molar-refractivity contribution in [3.63, 3.8) is 0 Å². The minimum Gasteiger partial charge on any atom is -0.478 e. The van der Waals surface area contributed by atoms with Crippen LogP contribution in [0.1, 0.15) is 64.0 Å². The molecule has 1 fully saturated rings. The number of carbonyl (C=O) groups is 1. The normalized spacial score (nSPS) is 19.2. The highest BCUT2D eigenvalue weighted by molar-refractivity contribution is 6.34. The Kier molecular flexibility index (Phi) is 6.59. The molecule has 5 heteroatoms. The maximum atomic E-state index is 11.3. The number of benzene rings is 4. The molecule has 0 aromatic heterocycles. The van der Waals surface area contributed by atoms with Crippen LogP contribution in [0.25, 0.3) is 10.8 Å². The van der Waals surface area contributed by atoms with Gasteiger partial charge in [-0.3, -0.25) is 4.90 Å². The highest BCUT2D eigenvalue weighted by Gasteiger charge is 2.37. The van der Waals surface area contributed by atoms with Crippen molar-refractivity contribution in [3.05, 3.63) is 117 Å². The second kappa shape index (κ2) is 9.66. The number of likely N-dealkylation sites (tertiary alicyclic amines) is 1. The quantitative estimate of drug-likeness (QED) is 0.297. The van der Waals surface area contributed by atoms with E-state index < -0.39 is 5.97 Å². The van der Waals surface area contributed by atoms with E-state index in [1.54, 1.807) is 18.2 Å². The van der Waals surface area contributed by atoms with Crippen molar-refractivity contribution in [3.8, 4) is 0 Å². The highest BCUT2D eigenvalue weighted by atomic mass is 35.5. The van der Waals surface area contributed by atoms with Gasteiger partial charge in [-0.05, 0) is 90.0 Å². The fourth-order valence-corrected chi connectivity index (χ4v) is 5.90. The molecule has 0 spiro atoms. The average molecular weight is 504 g/mol. The van der Waals surface area contributed by atoms with Crippen LogP contribution in [0.5, 0.6) is 0 Å². The maximum Gasteiger partial charge on any atom is 0.335 e. The number of hydrogen-bond acceptors (Lipinski definition) is 2. The van der Waals surface area contributed by atoms with Gasteiger partial charge < -0.3 is 5.11 Å². The van der Waals surface area contributed by atoms with E-state index in [0.29, 0.717) is 15.6 Å². The molecule has 178 valence electrons. The number of aromatic carboxylic acids is 1. The molecule has 5 rings (SSSR count). The standard InChI is InChI=1S/C30H27Cl2NO2/c1-18-3-4-23-12-24(10-9-22(23)11-18)29-15-26(25-13-27(31)16-28(32)14-25)17-33(29)19(2)20-5-7-21(8-6-20)30(34)35/h3-14,16,19,26,29H,15,17H2,1-2H3,(H,34,35)/t19?,26-,29+/m0/s1. The molecular weight excluding hydrogens is 477 g/mol. The van der Waals surface area contributed by atoms with Gasteiger partial charge in [0.25, 0.3) is 0 Å². The Balaban J connectivity index is 1.53. The smallest absolute Gasteiger partial charge is 0.335 e. The zero-order valence-electron chi connectivity index (χ0n) is 19.7. The van der Waals surface area contributed by atoms with Crippen LogP contribution in [0.3, 0.4) is 0 Å². The van der Waals surface area contributed by atoms with Gasteiger partial charge in [-0.25, -0.2) is 4.79 Å². The number of hydrogen-bond donors (Lipinski definition) is 1. The maximum absolute atomic E-state index is 11.3. The Labute approximate surface area is 215 Å². The van der Waals surface area contributed by atoms with Crippen molar-refractivity contribution in [1.29, 1.82) is 0 Å². The molecule has 4 aromatic rings. The lowest BCUT2D eigenvalue weighted by atomic mass is 9.92. The Morgan fingerprint density at radius 2 is 1.54 bits per heavy atom. The number of carboxylic acids is 1. The van der Waals surface area contributed by atoms with E-state index in [1.807, 2.05) is 24.3 Å². The first-order chi connectivity index (χ1) is 16.8. The van der Waals surface area contributed by atoms with Crippen LogP contribution in [0, 0.1) is 6.92 Å². The summed E-state index contributed by atoms with van der Waals surface area (Å²) in [5.41, 5.74) is 5.09. The van der Waals surface area contributed by atoms with E-state index >= 15 is 0 Å². The summed E-state index contributed by atoms with van der Waals surface area (Å²) in [4.78, 5) is 13.8. The van der Waals surface area contributed by atoms with Gasteiger partial charge in [-0.15, -0.1) is 0 Å². The molecule has 0 amide bonds. The zero-order chi connectivity index (χ0) is 24.7. The van der Waals surface area contributed by atoms with Gasteiger partial charge in [0.1, 0.15) is 0 Å². The van der Waals surface area contributed by atoms with Crippen LogP contribution in [-0.4, -0.2) is 22.5 Å². The summed E-state index contributed by atoms with van der Waals surface area (Å²) in [6.07, 6.45) is 0.950. The molecule has 1 N–H and O–H groups in total. The van der Waals surface area contributed by atoms with E-state index in [1.165, 1.54) is 21.9 Å². The Morgan fingerprint density at radius 3 is 2.23 bits per heavy atom. The summed E-state index contributed by atoms with van der Waals surface area (Å²) in [7, 11) is 0. The van der Waals surface area contributed by atoms with Gasteiger partial charge >= 0.3 is 5.97 Å². The van der Waals surface area contributed by atoms with Crippen LogP contribution in [0.2, 0.25) is 10.0 Å². The summed E-state index contributed by atoms with van der Waals surface area (Å²) in [6.45, 7) is 5.17. The van der Waals surface area contributed by atoms with E-state index in [-0.39, 0.29) is 18.0 Å². The molecule has 1 saturated heterocycles. The molecule has 3 atom stereocenters. The summed E-state index contributed by atoms with van der Waals surface area (Å²) in [6, 6.07) is 26.7. The molecule has 35 heavy (non-hydrogen) atoms. The molecule has 1 aliphatic rings. The lowest BCUT2D eigenvalue weighted by molar-refractivity contribution is 0.0697. The monoisotopic (exact) mass is 503 g/mol. The average Bonchev–Trinajstić information content (AvgIpc) is 3.28. The first-order valence-electron chi connectivity index (χ1n) is 11.8. The second-order valence-electron chi connectivity index (χ2n) is 9.56. The van der Waals surface area contributed by atoms with Crippen molar-refractivity contribution in [2.45, 2.75) is 38.3 Å². The summed E-state index contributed by atoms with van der Waals surface area (Å²) < 4.78 is 0. The van der Waals surface area contributed by atoms with Gasteiger partial charge in [0.05, 0.1) is 5.56 Å². The van der Waals surface area contributed by atoms with Crippen molar-refractivity contribution in [2.75, 3.05) is 6.54 Å². The minimum absolute atomic E-state index is 0.108. The van der Waals surface area contributed by atoms with Crippen molar-refractivity contribution in [1.82, 2.24) is 4.90 Å². The molecule has 0 aliphatic carbocycles. The van der Waals surface area contributed by atoms with Gasteiger partial charge in [-0.2, -0.15) is 0 Å². The van der Waals surface area contributed by atoms with Crippen molar-refractivity contribution < 1.29 is 9.90 Å². The van der Waals surface area contributed by atoms with Crippen LogP contribution >= 0.6 is 23.2 Å². The zero-order valence-corrected chi connectivity index (χ0v) is 21.2. The van der Waals surface area contributed by atoms with E-state index in [9.17, 15) is 9.90 Å². The Hall–Kier alpha value is -2.85. The van der Waals surface area contributed by atoms with Crippen molar-refractivity contribution in [2.24, 2.45) is 0 Å². The predicted molar refractivity (Wildman–Crippen MR) is 144 cm³/mol. The molecule has 1 heterocycles. The lowest BCUT2D eigenvalue weighted by Gasteiger charge is -2.31. The summed E-state index contributed by atoms with van der Waals surface area (Å²) in [5.74, 6) is -0.627. The Morgan fingerprint density at radius 1 is 0.886 bits per heavy atom. The third-order valence-corrected chi connectivity index (χ3v) is 7.67. The second-order valence-corrected chi connectivity index (χ2v) is 10.4. The number of nitrogens with zero attached hydrogens (tertiary/aromatic N) is 1. The van der Waals surface area contributed by atoms with Crippen LogP contribution in [-0.2, 0) is 0 Å². The van der Waals surface area contributed by atoms with Gasteiger partial charge in [0.15, 0.2) is 0 Å². The summed E-state index contributed by atoms with van der Waals surface area (Å²) >= 11 is 12.7. The molecular formula is C30H27Cl2NO2. The molecule has 4 aromatic carbocycles. The molecule has 3 nitrogen and oxygen atoms in total. The van der Waals surface area contributed by atoms with E-state index in [2.05, 4.69) is 55.1 Å². The molecule has 0 saturated carbocycles. The van der Waals surface area contributed by atoms with Gasteiger partial charge in [-0.1, -0.05) is 71.2 Å². The number of halogens is 2. The minimum atomic E-state index is -0.910. The number of aryl methyl sites for hydroxylation is 1. The highest BCUT2D eigenvalue weighted by Crippen LogP contribution is 2.46. The fraction of sp³-hybridized carbons (Fsp3) is 0.233. The topological polar surface area (TPSA) is 40.5 Å². The summed E-state index contributed by atoms with van der Waals surface area (Å²) in [5, 5.41) is 13.1. The van der Waals surface area contributed by atoms with Crippen LogP contribution in [0.15, 0.2) is 78.9 Å². The third-order valence-electron chi connectivity index (χ3n) is 7.24. The number of carboxylic acid groups (broad SMARTS) is 1. The number of fused-ring (bicyclic) bond motifs is 1. The van der Waals surface area contributed by atoms with Crippen molar-refractivity contribution >= 4 is 39.9 Å². The first kappa shape index (κ1) is 23.9. The fourth-order valence-electron chi connectivity index (χ4n) is 5.36. The largest absolute Gasteiger partial charge is 0.478 e. The van der Waals surface area contributed by atoms with Gasteiger partial charge in [0, 0.05) is 28.7 Å². The molecule has 1 aliphatic heterocycles. The molecule has 0 bridgehead atoms. The van der Waals surface area contributed by atoms with E-state index in [4.69, 9.17) is 23.2 Å². The lowest BCUT2D eigenvalue weighted by Crippen LogP contribution is -2.27. The van der Waals surface area contributed by atoms with Crippen LogP contribution in [0.4, 0.5) is 0 Å². The first-order valence-corrected chi connectivity index (χ1v) is 12.6. The third kappa shape index (κ3) is 4.95. The predicted octanol–water partition coefficient (Wildman–Crippen LogP) is 8.45. The van der Waals surface area contributed by atoms with Crippen LogP contribution < -0.4 is 0 Å². The van der Waals surface area contributed by atoms with Gasteiger partial charge in [0.2, 0.25) is 0 Å². The molecule has 0 radical (unpaired) electrons. The molecule has 1 unspecified atom stereocenters.